The molecule has 3 heterocycles. The average Bonchev–Trinajstić information content (AvgIpc) is 1.62. The van der Waals surface area contributed by atoms with E-state index in [4.69, 9.17) is 19.3 Å². The zero-order chi connectivity index (χ0) is 67.2. The molecule has 0 bridgehead atoms. The summed E-state index contributed by atoms with van der Waals surface area (Å²) in [6, 6.07) is 52.9. The van der Waals surface area contributed by atoms with Crippen molar-refractivity contribution < 1.29 is 38.1 Å². The number of anilines is 4. The van der Waals surface area contributed by atoms with Crippen molar-refractivity contribution in [2.24, 2.45) is 0 Å². The molecular formula is C80H77N4OPt-3. The first-order valence-electron chi connectivity index (χ1n) is 34.1. The summed E-state index contributed by atoms with van der Waals surface area (Å²) in [7, 11) is 0. The molecule has 1 aliphatic carbocycles. The van der Waals surface area contributed by atoms with Gasteiger partial charge in [0.15, 0.2) is 0 Å². The third-order valence-electron chi connectivity index (χ3n) is 17.5. The molecule has 0 atom stereocenters. The zero-order valence-corrected chi connectivity index (χ0v) is 53.6. The number of aromatic nitrogens is 2. The van der Waals surface area contributed by atoms with Crippen LogP contribution >= 0.6 is 0 Å². The number of nitrogens with zero attached hydrogens (tertiary/aromatic N) is 4. The number of para-hydroxylation sites is 3. The number of ether oxygens (including phenoxy) is 1. The number of benzene rings is 9. The number of rotatable bonds is 9. The number of pyridine rings is 1. The molecule has 6 heteroatoms. The van der Waals surface area contributed by atoms with Crippen LogP contribution in [0.2, 0.25) is 0 Å². The number of hydrogen-bond donors (Lipinski definition) is 0. The van der Waals surface area contributed by atoms with Crippen LogP contribution in [0.5, 0.6) is 11.5 Å². The minimum Gasteiger partial charge on any atom is -0.509 e. The van der Waals surface area contributed by atoms with E-state index in [9.17, 15) is 2.74 Å². The second-order valence-corrected chi connectivity index (χ2v) is 27.4. The molecule has 0 saturated carbocycles. The summed E-state index contributed by atoms with van der Waals surface area (Å²) in [4.78, 5) is 9.37. The molecule has 0 N–H and O–H groups in total. The van der Waals surface area contributed by atoms with Crippen LogP contribution in [0.15, 0.2) is 200 Å². The molecule has 2 aliphatic rings. The molecule has 0 spiro atoms. The summed E-state index contributed by atoms with van der Waals surface area (Å²) >= 11 is 0. The Labute approximate surface area is 537 Å². The fourth-order valence-electron chi connectivity index (χ4n) is 12.4. The van der Waals surface area contributed by atoms with Crippen LogP contribution < -0.4 is 14.5 Å². The van der Waals surface area contributed by atoms with Gasteiger partial charge in [0.05, 0.1) is 12.3 Å². The van der Waals surface area contributed by atoms with E-state index in [0.717, 1.165) is 57.7 Å². The van der Waals surface area contributed by atoms with E-state index in [1.165, 1.54) is 34.0 Å². The average molecular weight is 1310 g/mol. The molecule has 11 aromatic rings. The number of hydrogen-bond acceptors (Lipinski definition) is 4. The summed E-state index contributed by atoms with van der Waals surface area (Å²) in [5.74, 6) is 0.916. The van der Waals surface area contributed by atoms with Crippen LogP contribution in [0.4, 0.5) is 22.7 Å². The third-order valence-corrected chi connectivity index (χ3v) is 17.5. The van der Waals surface area contributed by atoms with E-state index >= 15 is 0 Å². The van der Waals surface area contributed by atoms with Crippen LogP contribution in [0.25, 0.3) is 72.1 Å². The third kappa shape index (κ3) is 10.7. The maximum absolute atomic E-state index is 9.34. The summed E-state index contributed by atoms with van der Waals surface area (Å²) in [6.45, 7) is 31.2. The van der Waals surface area contributed by atoms with Crippen molar-refractivity contribution in [1.82, 2.24) is 9.55 Å². The van der Waals surface area contributed by atoms with E-state index in [2.05, 4.69) is 201 Å². The Bertz CT molecular complexity index is 4910. The first-order valence-corrected chi connectivity index (χ1v) is 29.6. The van der Waals surface area contributed by atoms with Crippen molar-refractivity contribution in [1.29, 1.82) is 0 Å². The van der Waals surface area contributed by atoms with Gasteiger partial charge in [-0.2, -0.15) is 12.1 Å². The molecule has 1 aliphatic heterocycles. The van der Waals surface area contributed by atoms with Gasteiger partial charge in [0.1, 0.15) is 5.82 Å². The molecule has 436 valence electrons. The predicted octanol–water partition coefficient (Wildman–Crippen LogP) is 21.9. The molecule has 13 rings (SSSR count). The van der Waals surface area contributed by atoms with Gasteiger partial charge in [-0.1, -0.05) is 223 Å². The Morgan fingerprint density at radius 1 is 0.512 bits per heavy atom. The molecule has 0 amide bonds. The molecule has 86 heavy (non-hydrogen) atoms. The van der Waals surface area contributed by atoms with E-state index in [-0.39, 0.29) is 94.9 Å². The van der Waals surface area contributed by atoms with Crippen molar-refractivity contribution in [3.63, 3.8) is 0 Å². The molecule has 9 aromatic carbocycles. The van der Waals surface area contributed by atoms with Crippen molar-refractivity contribution >= 4 is 44.6 Å². The second-order valence-electron chi connectivity index (χ2n) is 27.4. The van der Waals surface area contributed by atoms with Gasteiger partial charge < -0.3 is 19.1 Å². The fraction of sp³-hybridized carbons (Fsp3) is 0.250. The van der Waals surface area contributed by atoms with Gasteiger partial charge >= 0.3 is 0 Å². The molecule has 0 fully saturated rings. The van der Waals surface area contributed by atoms with E-state index in [1.54, 1.807) is 22.8 Å². The number of fused-ring (bicyclic) bond motifs is 5. The first kappa shape index (κ1) is 48.2. The minimum atomic E-state index is -0.679. The first-order chi connectivity index (χ1) is 44.2. The van der Waals surface area contributed by atoms with Crippen molar-refractivity contribution in [3.8, 4) is 61.8 Å². The quantitative estimate of drug-likeness (QED) is 0.135. The summed E-state index contributed by atoms with van der Waals surface area (Å²) in [6.07, 6.45) is 3.68. The molecule has 0 saturated heterocycles. The van der Waals surface area contributed by atoms with Gasteiger partial charge in [-0.3, -0.25) is 0 Å². The van der Waals surface area contributed by atoms with Gasteiger partial charge in [-0.25, -0.2) is 4.98 Å². The van der Waals surface area contributed by atoms with Gasteiger partial charge in [-0.15, -0.1) is 48.1 Å². The Morgan fingerprint density at radius 3 is 1.85 bits per heavy atom. The van der Waals surface area contributed by atoms with Crippen LogP contribution in [-0.4, -0.2) is 9.55 Å². The standard InChI is InChI=1S/C80H77N4O.Pt/c1-76(2,3)57-26-21-25-55(43-57)52-33-35-54(36-34-52)64-45-58(77(4,5)6)46-65(56-37-40-67-69(44-56)80(12,13)42-41-79(67,10)11)75(64)83-51-82(71-31-19-20-32-72(71)83)59-27-22-28-60(47-59)85-61-38-39-63-62-29-17-18-30-70(62)84(73(63)48-61)74-49-68(78(7,8)9)66(50-81-74)53-23-15-14-16-24-53;/h14-40,43-46,49-51H,41-42H2,1-13H3;/q-3;/i14D,15D,16D,17D,18D,23D,24D,29D,30D;. The summed E-state index contributed by atoms with van der Waals surface area (Å²) in [5, 5.41) is 0.736. The van der Waals surface area contributed by atoms with Gasteiger partial charge in [0.25, 0.3) is 0 Å². The monoisotopic (exact) mass is 1310 g/mol. The maximum Gasteiger partial charge on any atom is 0.135 e. The Balaban J connectivity index is 0.00000864. The zero-order valence-electron chi connectivity index (χ0n) is 60.4. The Hall–Kier alpha value is -7.98. The SMILES string of the molecule is [2H]c1c([2H])c([2H])c(-c2cnc(-n3c4[c-]c(Oc5[c-]c(N6[CH-]N(c7c(-c8ccc(-c9cccc(C(C)(C)C)c9)cc8)cc(C(C)(C)C)cc7-c7ccc8c(c7)C(C)(C)CCC8(C)C)c7ccccc76)ccc5)ccc4c4c([2H])c([2H])c([2H])c([2H])c43)cc2C(C)(C)C)c([2H])c1[2H].[Pt]. The Kier molecular flexibility index (Phi) is 12.2. The predicted molar refractivity (Wildman–Crippen MR) is 357 cm³/mol. The van der Waals surface area contributed by atoms with Gasteiger partial charge in [0, 0.05) is 78.0 Å². The summed E-state index contributed by atoms with van der Waals surface area (Å²) in [5.41, 5.74) is 16.3. The van der Waals surface area contributed by atoms with Crippen molar-refractivity contribution in [2.75, 3.05) is 9.80 Å². The van der Waals surface area contributed by atoms with Crippen LogP contribution in [0.3, 0.4) is 0 Å². The van der Waals surface area contributed by atoms with E-state index in [1.807, 2.05) is 39.0 Å². The Morgan fingerprint density at radius 2 is 1.14 bits per heavy atom. The van der Waals surface area contributed by atoms with Gasteiger partial charge in [-0.05, 0) is 137 Å². The smallest absolute Gasteiger partial charge is 0.135 e. The van der Waals surface area contributed by atoms with Crippen LogP contribution in [0, 0.1) is 18.8 Å². The normalized spacial score (nSPS) is 16.2. The topological polar surface area (TPSA) is 33.5 Å². The van der Waals surface area contributed by atoms with Gasteiger partial charge in [0.2, 0.25) is 0 Å². The maximum atomic E-state index is 9.34. The van der Waals surface area contributed by atoms with Crippen molar-refractivity contribution in [3.05, 3.63) is 247 Å². The molecule has 0 unspecified atom stereocenters. The minimum absolute atomic E-state index is 0. The summed E-state index contributed by atoms with van der Waals surface area (Å²) < 4.78 is 87.7. The molecule has 0 radical (unpaired) electrons. The van der Waals surface area contributed by atoms with E-state index < -0.39 is 35.6 Å². The van der Waals surface area contributed by atoms with Crippen LogP contribution in [-0.2, 0) is 48.1 Å². The molecule has 2 aromatic heterocycles. The van der Waals surface area contributed by atoms with Crippen molar-refractivity contribution in [2.45, 2.75) is 130 Å². The fourth-order valence-corrected chi connectivity index (χ4v) is 12.4. The molecule has 5 nitrogen and oxygen atoms in total. The largest absolute Gasteiger partial charge is 0.509 e. The molecular weight excluding hydrogens is 1230 g/mol. The van der Waals surface area contributed by atoms with E-state index in [0.29, 0.717) is 33.5 Å². The second kappa shape index (κ2) is 21.8. The van der Waals surface area contributed by atoms with Crippen LogP contribution in [0.1, 0.15) is 143 Å².